The van der Waals surface area contributed by atoms with Crippen LogP contribution in [0.3, 0.4) is 0 Å². The molecular formula is C42H72BN12P. The first kappa shape index (κ1) is 47.4. The highest BCUT2D eigenvalue weighted by molar-refractivity contribution is 7.71. The van der Waals surface area contributed by atoms with Crippen molar-refractivity contribution in [3.05, 3.63) is 91.0 Å². The summed E-state index contributed by atoms with van der Waals surface area (Å²) in [5.41, 5.74) is 4.33. The summed E-state index contributed by atoms with van der Waals surface area (Å²) in [4.78, 5) is 15.6. The molecule has 3 aromatic carbocycles. The van der Waals surface area contributed by atoms with Crippen LogP contribution in [0.1, 0.15) is 19.8 Å². The lowest BCUT2D eigenvalue weighted by Crippen LogP contribution is -2.66. The highest BCUT2D eigenvalue weighted by atomic mass is 31.2. The van der Waals surface area contributed by atoms with Gasteiger partial charge in [-0.25, -0.2) is 0 Å². The SMILES string of the molecule is CCCC[B-](c1ccccc1)(c1ccccc1)c1ccccc1.CN(C)C(=N[P+](N=C(N(C)C)N(C)C)(N=C(N(C)C)N(C)C)N=C(N(C)C)N(C)C)N(C)C. The second-order valence-electron chi connectivity index (χ2n) is 15.7. The van der Waals surface area contributed by atoms with Gasteiger partial charge in [-0.15, -0.1) is 0 Å². The lowest BCUT2D eigenvalue weighted by atomic mass is 9.14. The molecule has 0 unspecified atom stereocenters. The van der Waals surface area contributed by atoms with Crippen LogP contribution in [0.4, 0.5) is 0 Å². The minimum Gasteiger partial charge on any atom is -0.346 e. The van der Waals surface area contributed by atoms with Gasteiger partial charge < -0.3 is 39.2 Å². The van der Waals surface area contributed by atoms with Crippen molar-refractivity contribution < 1.29 is 0 Å². The topological polar surface area (TPSA) is 75.4 Å². The van der Waals surface area contributed by atoms with Crippen molar-refractivity contribution in [2.75, 3.05) is 113 Å². The van der Waals surface area contributed by atoms with Crippen molar-refractivity contribution in [2.24, 2.45) is 19.1 Å². The van der Waals surface area contributed by atoms with Crippen molar-refractivity contribution >= 4 is 54.2 Å². The summed E-state index contributed by atoms with van der Waals surface area (Å²) in [7, 11) is 28.2. The van der Waals surface area contributed by atoms with Gasteiger partial charge in [0.1, 0.15) is 0 Å². The van der Waals surface area contributed by atoms with E-state index in [4.69, 9.17) is 19.1 Å². The Morgan fingerprint density at radius 1 is 0.393 bits per heavy atom. The second kappa shape index (κ2) is 22.1. The minimum atomic E-state index is -3.13. The van der Waals surface area contributed by atoms with E-state index < -0.39 is 14.0 Å². The van der Waals surface area contributed by atoms with Crippen LogP contribution in [0.5, 0.6) is 0 Å². The van der Waals surface area contributed by atoms with Gasteiger partial charge in [0.2, 0.25) is 23.8 Å². The standard InChI is InChI=1S/C22H24B.C20H48N12P/c1-2-3-19-23(20-13-7-4-8-14-20,21-15-9-5-10-16-21)22-17-11-6-12-18-22;1-25(2)17(26(3)4)21-33(22-18(27(5)6)28(7)8,23-19(29(9)10)30(11)12)24-20(31(13)14)32(15)16/h4-18H,2-3,19H2,1H3;1-16H3/q-1;+1. The Labute approximate surface area is 341 Å². The maximum atomic E-state index is 5.18. The predicted molar refractivity (Wildman–Crippen MR) is 250 cm³/mol. The summed E-state index contributed by atoms with van der Waals surface area (Å²) >= 11 is 0. The van der Waals surface area contributed by atoms with E-state index in [0.717, 1.165) is 23.8 Å². The Bertz CT molecular complexity index is 1440. The Balaban J connectivity index is 0.000000408. The molecule has 0 aromatic heterocycles. The molecule has 0 fully saturated rings. The van der Waals surface area contributed by atoms with Gasteiger partial charge in [0.15, 0.2) is 0 Å². The van der Waals surface area contributed by atoms with Gasteiger partial charge >= 0.3 is 7.87 Å². The molecule has 0 spiro atoms. The van der Waals surface area contributed by atoms with Crippen LogP contribution in [0, 0.1) is 0 Å². The number of benzene rings is 3. The van der Waals surface area contributed by atoms with Gasteiger partial charge in [-0.2, -0.15) is 22.7 Å². The van der Waals surface area contributed by atoms with Crippen LogP contribution in [-0.4, -0.2) is 182 Å². The van der Waals surface area contributed by atoms with E-state index in [9.17, 15) is 0 Å². The van der Waals surface area contributed by atoms with Gasteiger partial charge in [0.05, 0.1) is 6.15 Å². The van der Waals surface area contributed by atoms with Gasteiger partial charge in [-0.05, 0) is 19.1 Å². The largest absolute Gasteiger partial charge is 0.507 e. The molecule has 3 aromatic rings. The molecule has 0 N–H and O–H groups in total. The van der Waals surface area contributed by atoms with Crippen LogP contribution < -0.4 is 16.4 Å². The number of nitrogens with zero attached hydrogens (tertiary/aromatic N) is 12. The van der Waals surface area contributed by atoms with Crippen molar-refractivity contribution in [3.8, 4) is 0 Å². The van der Waals surface area contributed by atoms with Crippen LogP contribution >= 0.6 is 7.87 Å². The third-order valence-electron chi connectivity index (χ3n) is 9.19. The van der Waals surface area contributed by atoms with E-state index in [2.05, 4.69) is 97.9 Å². The zero-order valence-electron chi connectivity index (χ0n) is 37.7. The molecule has 0 radical (unpaired) electrons. The first-order chi connectivity index (χ1) is 26.3. The molecule has 0 saturated heterocycles. The van der Waals surface area contributed by atoms with Gasteiger partial charge in [-0.3, -0.25) is 0 Å². The fourth-order valence-corrected chi connectivity index (χ4v) is 9.52. The third-order valence-corrected chi connectivity index (χ3v) is 11.0. The fraction of sp³-hybridized carbons (Fsp3) is 0.476. The minimum absolute atomic E-state index is 0.727. The van der Waals surface area contributed by atoms with E-state index in [0.29, 0.717) is 0 Å². The number of guanidine groups is 4. The van der Waals surface area contributed by atoms with E-state index in [1.807, 2.05) is 152 Å². The molecule has 14 heteroatoms. The molecule has 0 aliphatic rings. The maximum Gasteiger partial charge on any atom is 0.507 e. The van der Waals surface area contributed by atoms with E-state index in [-0.39, 0.29) is 0 Å². The third kappa shape index (κ3) is 12.9. The van der Waals surface area contributed by atoms with Gasteiger partial charge in [-0.1, -0.05) is 111 Å². The molecule has 0 saturated carbocycles. The first-order valence-electron chi connectivity index (χ1n) is 19.4. The van der Waals surface area contributed by atoms with Crippen LogP contribution in [0.2, 0.25) is 6.32 Å². The van der Waals surface area contributed by atoms with Crippen LogP contribution in [0.25, 0.3) is 0 Å². The molecule has 3 rings (SSSR count). The average Bonchev–Trinajstić information content (AvgIpc) is 3.15. The number of rotatable bonds is 10. The fourth-order valence-electron chi connectivity index (χ4n) is 6.86. The molecule has 0 aliphatic carbocycles. The zero-order valence-corrected chi connectivity index (χ0v) is 38.6. The van der Waals surface area contributed by atoms with Crippen molar-refractivity contribution in [3.63, 3.8) is 0 Å². The Kier molecular flexibility index (Phi) is 18.7. The number of hydrogen-bond acceptors (Lipinski definition) is 4. The van der Waals surface area contributed by atoms with E-state index in [1.165, 1.54) is 35.6 Å². The summed E-state index contributed by atoms with van der Waals surface area (Å²) in [6, 6.07) is 33.2. The molecule has 56 heavy (non-hydrogen) atoms. The van der Waals surface area contributed by atoms with E-state index >= 15 is 0 Å². The van der Waals surface area contributed by atoms with Gasteiger partial charge in [0.25, 0.3) is 0 Å². The smallest absolute Gasteiger partial charge is 0.346 e. The number of unbranched alkanes of at least 4 members (excludes halogenated alkanes) is 1. The lowest BCUT2D eigenvalue weighted by Gasteiger charge is -2.43. The molecular weight excluding hydrogens is 714 g/mol. The van der Waals surface area contributed by atoms with Crippen LogP contribution in [-0.2, 0) is 0 Å². The average molecular weight is 787 g/mol. The van der Waals surface area contributed by atoms with Crippen LogP contribution in [0.15, 0.2) is 110 Å². The molecule has 0 aliphatic heterocycles. The number of hydrogen-bond donors (Lipinski definition) is 0. The first-order valence-corrected chi connectivity index (χ1v) is 21.0. The van der Waals surface area contributed by atoms with Crippen molar-refractivity contribution in [1.82, 2.24) is 39.2 Å². The van der Waals surface area contributed by atoms with Crippen molar-refractivity contribution in [1.29, 1.82) is 0 Å². The summed E-state index contributed by atoms with van der Waals surface area (Å²) in [6.45, 7) is 2.28. The normalized spacial score (nSPS) is 10.8. The monoisotopic (exact) mass is 787 g/mol. The Morgan fingerprint density at radius 2 is 0.607 bits per heavy atom. The highest BCUT2D eigenvalue weighted by Crippen LogP contribution is 2.66. The lowest BCUT2D eigenvalue weighted by molar-refractivity contribution is 0.479. The zero-order chi connectivity index (χ0) is 42.2. The summed E-state index contributed by atoms with van der Waals surface area (Å²) in [5, 5.41) is 0. The molecule has 0 atom stereocenters. The van der Waals surface area contributed by atoms with E-state index in [1.54, 1.807) is 0 Å². The summed E-state index contributed by atoms with van der Waals surface area (Å²) < 4.78 is 20.7. The molecule has 0 amide bonds. The maximum absolute atomic E-state index is 5.18. The molecule has 308 valence electrons. The predicted octanol–water partition coefficient (Wildman–Crippen LogP) is 4.54. The Morgan fingerprint density at radius 3 is 0.786 bits per heavy atom. The highest BCUT2D eigenvalue weighted by Gasteiger charge is 2.47. The molecule has 0 heterocycles. The summed E-state index contributed by atoms with van der Waals surface area (Å²) in [6.07, 6.45) is 2.73. The second-order valence-corrected chi connectivity index (χ2v) is 17.6. The van der Waals surface area contributed by atoms with Crippen molar-refractivity contribution in [2.45, 2.75) is 26.1 Å². The Hall–Kier alpha value is -4.77. The molecule has 12 nitrogen and oxygen atoms in total. The van der Waals surface area contributed by atoms with Gasteiger partial charge in [0, 0.05) is 113 Å². The molecule has 0 bridgehead atoms. The summed E-state index contributed by atoms with van der Waals surface area (Å²) in [5.74, 6) is 2.91. The quantitative estimate of drug-likeness (QED) is 0.129.